The van der Waals surface area contributed by atoms with Gasteiger partial charge >= 0.3 is 0 Å². The molecule has 0 N–H and O–H groups in total. The minimum Gasteiger partial charge on any atom is -0.497 e. The van der Waals surface area contributed by atoms with Crippen molar-refractivity contribution < 1.29 is 19.1 Å². The first-order valence-electron chi connectivity index (χ1n) is 13.5. The van der Waals surface area contributed by atoms with Crippen molar-refractivity contribution in [3.05, 3.63) is 119 Å². The largest absolute Gasteiger partial charge is 0.497 e. The Morgan fingerprint density at radius 2 is 1.48 bits per heavy atom. The van der Waals surface area contributed by atoms with E-state index in [2.05, 4.69) is 53.2 Å². The predicted molar refractivity (Wildman–Crippen MR) is 168 cm³/mol. The van der Waals surface area contributed by atoms with Gasteiger partial charge < -0.3 is 9.47 Å². The molecule has 0 radical (unpaired) electrons. The van der Waals surface area contributed by atoms with Crippen molar-refractivity contribution in [3.8, 4) is 45.1 Å². The van der Waals surface area contributed by atoms with Crippen molar-refractivity contribution in [2.75, 3.05) is 25.2 Å². The molecule has 0 bridgehead atoms. The van der Waals surface area contributed by atoms with E-state index < -0.39 is 0 Å². The fourth-order valence-electron chi connectivity index (χ4n) is 4.91. The third-order valence-electron chi connectivity index (χ3n) is 7.26. The molecule has 4 aromatic carbocycles. The van der Waals surface area contributed by atoms with Crippen LogP contribution in [-0.4, -0.2) is 36.9 Å². The van der Waals surface area contributed by atoms with Crippen LogP contribution in [0.5, 0.6) is 11.5 Å². The first-order chi connectivity index (χ1) is 20.4. The molecule has 0 atom stereocenters. The lowest BCUT2D eigenvalue weighted by Gasteiger charge is -2.29. The van der Waals surface area contributed by atoms with Crippen LogP contribution in [0.3, 0.4) is 0 Å². The number of carbonyl (C=O) groups is 2. The molecule has 1 aliphatic heterocycles. The molecule has 0 saturated carbocycles. The quantitative estimate of drug-likeness (QED) is 0.174. The van der Waals surface area contributed by atoms with E-state index in [4.69, 9.17) is 14.5 Å². The number of hydrogen-bond donors (Lipinski definition) is 0. The molecule has 1 amide bonds. The van der Waals surface area contributed by atoms with Gasteiger partial charge in [-0.25, -0.2) is 4.98 Å². The molecule has 6 rings (SSSR count). The average Bonchev–Trinajstić information content (AvgIpc) is 3.02. The van der Waals surface area contributed by atoms with Gasteiger partial charge in [0.25, 0.3) is 5.91 Å². The molecule has 0 unspecified atom stereocenters. The molecule has 42 heavy (non-hydrogen) atoms. The Balaban J connectivity index is 1.40. The number of anilines is 1. The van der Waals surface area contributed by atoms with Crippen molar-refractivity contribution in [3.63, 3.8) is 0 Å². The number of aryl methyl sites for hydroxylation is 1. The monoisotopic (exact) mass is 618 g/mol. The van der Waals surface area contributed by atoms with Gasteiger partial charge in [0.1, 0.15) is 11.5 Å². The van der Waals surface area contributed by atoms with Crippen molar-refractivity contribution in [2.45, 2.75) is 6.92 Å². The number of methoxy groups -OCH3 is 1. The van der Waals surface area contributed by atoms with E-state index in [1.807, 2.05) is 48.5 Å². The molecule has 7 heteroatoms. The predicted octanol–water partition coefficient (Wildman–Crippen LogP) is 7.77. The number of carbonyl (C=O) groups excluding carboxylic acids is 2. The van der Waals surface area contributed by atoms with Gasteiger partial charge in [-0.2, -0.15) is 0 Å². The number of nitrogens with zero attached hydrogens (tertiary/aromatic N) is 2. The van der Waals surface area contributed by atoms with Gasteiger partial charge in [0, 0.05) is 21.2 Å². The smallest absolute Gasteiger partial charge is 0.265 e. The molecule has 0 saturated heterocycles. The number of amides is 1. The van der Waals surface area contributed by atoms with Crippen LogP contribution >= 0.6 is 15.9 Å². The van der Waals surface area contributed by atoms with Gasteiger partial charge in [0.2, 0.25) is 0 Å². The van der Waals surface area contributed by atoms with E-state index in [0.717, 1.165) is 38.1 Å². The molecule has 0 aliphatic carbocycles. The highest BCUT2D eigenvalue weighted by atomic mass is 79.9. The first-order valence-corrected chi connectivity index (χ1v) is 14.3. The van der Waals surface area contributed by atoms with E-state index in [1.54, 1.807) is 31.4 Å². The standard InChI is InChI=1S/C35H27BrN2O4/c1-22-3-5-23(6-4-22)27-17-30(24-7-12-28(36)13-8-24)37-31(18-27)26-11-16-34-32(19-26)38(35(40)21-42-34)20-33(39)25-9-14-29(41-2)15-10-25/h3-19H,20-21H2,1-2H3. The fraction of sp³-hybridized carbons (Fsp3) is 0.114. The van der Waals surface area contributed by atoms with Crippen molar-refractivity contribution in [2.24, 2.45) is 0 Å². The van der Waals surface area contributed by atoms with Gasteiger partial charge in [0.15, 0.2) is 12.4 Å². The maximum Gasteiger partial charge on any atom is 0.265 e. The molecule has 208 valence electrons. The molecule has 6 nitrogen and oxygen atoms in total. The summed E-state index contributed by atoms with van der Waals surface area (Å²) >= 11 is 3.52. The van der Waals surface area contributed by atoms with E-state index >= 15 is 0 Å². The number of ether oxygens (including phenoxy) is 2. The lowest BCUT2D eigenvalue weighted by Crippen LogP contribution is -2.42. The number of benzene rings is 4. The summed E-state index contributed by atoms with van der Waals surface area (Å²) in [4.78, 5) is 32.7. The highest BCUT2D eigenvalue weighted by Crippen LogP contribution is 2.38. The minimum atomic E-state index is -0.279. The third kappa shape index (κ3) is 5.69. The minimum absolute atomic E-state index is 0.105. The van der Waals surface area contributed by atoms with Crippen molar-refractivity contribution in [1.82, 2.24) is 4.98 Å². The zero-order valence-electron chi connectivity index (χ0n) is 23.1. The van der Waals surface area contributed by atoms with Crippen LogP contribution < -0.4 is 14.4 Å². The van der Waals surface area contributed by atoms with Crippen molar-refractivity contribution in [1.29, 1.82) is 0 Å². The van der Waals surface area contributed by atoms with Crippen LogP contribution in [0.2, 0.25) is 0 Å². The van der Waals surface area contributed by atoms with Gasteiger partial charge in [-0.1, -0.05) is 57.9 Å². The van der Waals surface area contributed by atoms with Crippen LogP contribution in [0.15, 0.2) is 108 Å². The second kappa shape index (κ2) is 11.6. The maximum atomic E-state index is 13.2. The number of halogens is 1. The summed E-state index contributed by atoms with van der Waals surface area (Å²) in [6.45, 7) is 1.83. The number of Topliss-reactive ketones (excluding diaryl/α,β-unsaturated/α-hetero) is 1. The first kappa shape index (κ1) is 27.4. The van der Waals surface area contributed by atoms with Gasteiger partial charge in [-0.05, 0) is 84.8 Å². The highest BCUT2D eigenvalue weighted by molar-refractivity contribution is 9.10. The molecular formula is C35H27BrN2O4. The topological polar surface area (TPSA) is 68.7 Å². The van der Waals surface area contributed by atoms with Crippen LogP contribution in [-0.2, 0) is 4.79 Å². The maximum absolute atomic E-state index is 13.2. The number of rotatable bonds is 7. The Morgan fingerprint density at radius 3 is 2.17 bits per heavy atom. The van der Waals surface area contributed by atoms with E-state index in [1.165, 1.54) is 10.5 Å². The van der Waals surface area contributed by atoms with Crippen LogP contribution in [0, 0.1) is 6.92 Å². The number of hydrogen-bond acceptors (Lipinski definition) is 5. The second-order valence-corrected chi connectivity index (χ2v) is 11.0. The summed E-state index contributed by atoms with van der Waals surface area (Å²) in [6.07, 6.45) is 0. The third-order valence-corrected chi connectivity index (χ3v) is 7.79. The SMILES string of the molecule is COc1ccc(C(=O)CN2C(=O)COc3ccc(-c4cc(-c5ccc(C)cc5)cc(-c5ccc(Br)cc5)n4)cc32)cc1. The Kier molecular flexibility index (Phi) is 7.59. The number of fused-ring (bicyclic) bond motifs is 1. The number of aromatic nitrogens is 1. The molecular weight excluding hydrogens is 592 g/mol. The number of ketones is 1. The fourth-order valence-corrected chi connectivity index (χ4v) is 5.17. The molecule has 5 aromatic rings. The Bertz CT molecular complexity index is 1720. The lowest BCUT2D eigenvalue weighted by atomic mass is 9.99. The van der Waals surface area contributed by atoms with Gasteiger partial charge in [-0.3, -0.25) is 14.5 Å². The van der Waals surface area contributed by atoms with Crippen LogP contribution in [0.1, 0.15) is 15.9 Å². The molecule has 2 heterocycles. The zero-order valence-corrected chi connectivity index (χ0v) is 24.7. The zero-order chi connectivity index (χ0) is 29.2. The lowest BCUT2D eigenvalue weighted by molar-refractivity contribution is -0.121. The summed E-state index contributed by atoms with van der Waals surface area (Å²) in [5.74, 6) is 0.746. The van der Waals surface area contributed by atoms with E-state index in [0.29, 0.717) is 22.7 Å². The summed E-state index contributed by atoms with van der Waals surface area (Å²) in [6, 6.07) is 33.1. The van der Waals surface area contributed by atoms with Crippen LogP contribution in [0.25, 0.3) is 33.6 Å². The average molecular weight is 620 g/mol. The number of pyridine rings is 1. The van der Waals surface area contributed by atoms with Gasteiger partial charge in [0.05, 0.1) is 30.7 Å². The van der Waals surface area contributed by atoms with E-state index in [-0.39, 0.29) is 24.8 Å². The normalized spacial score (nSPS) is 12.5. The molecule has 1 aromatic heterocycles. The summed E-state index contributed by atoms with van der Waals surface area (Å²) in [7, 11) is 1.57. The molecule has 0 fully saturated rings. The Labute approximate surface area is 252 Å². The molecule has 0 spiro atoms. The molecule has 1 aliphatic rings. The summed E-state index contributed by atoms with van der Waals surface area (Å²) in [5.41, 5.74) is 7.68. The summed E-state index contributed by atoms with van der Waals surface area (Å²) in [5, 5.41) is 0. The van der Waals surface area contributed by atoms with Crippen molar-refractivity contribution >= 4 is 33.3 Å². The highest BCUT2D eigenvalue weighted by Gasteiger charge is 2.28. The Morgan fingerprint density at radius 1 is 0.833 bits per heavy atom. The second-order valence-electron chi connectivity index (χ2n) is 10.1. The van der Waals surface area contributed by atoms with Gasteiger partial charge in [-0.15, -0.1) is 0 Å². The van der Waals surface area contributed by atoms with E-state index in [9.17, 15) is 9.59 Å². The van der Waals surface area contributed by atoms with Crippen LogP contribution in [0.4, 0.5) is 5.69 Å². The Hall–Kier alpha value is -4.75. The summed E-state index contributed by atoms with van der Waals surface area (Å²) < 4.78 is 11.9.